The third-order valence-corrected chi connectivity index (χ3v) is 20.8. The zero-order valence-corrected chi connectivity index (χ0v) is 46.3. The Labute approximate surface area is 476 Å². The van der Waals surface area contributed by atoms with E-state index < -0.39 is 0 Å². The lowest BCUT2D eigenvalue weighted by atomic mass is 9.31. The van der Waals surface area contributed by atoms with Crippen LogP contribution in [0.1, 0.15) is 16.7 Å². The van der Waals surface area contributed by atoms with Crippen LogP contribution in [0.5, 0.6) is 46.0 Å². The molecule has 2 aromatic heterocycles. The quantitative estimate of drug-likeness (QED) is 0.139. The molecule has 0 radical (unpaired) electrons. The van der Waals surface area contributed by atoms with Crippen molar-refractivity contribution in [1.29, 1.82) is 0 Å². The molecule has 0 saturated carbocycles. The first-order chi connectivity index (χ1) is 39.3. The third-order valence-electron chi connectivity index (χ3n) is 17.6. The minimum Gasteiger partial charge on any atom is -0.458 e. The van der Waals surface area contributed by atoms with Crippen molar-refractivity contribution in [2.75, 3.05) is 15.9 Å². The minimum atomic E-state index is -0.194. The number of anilines is 4. The zero-order valence-electron chi connectivity index (χ0n) is 43.9. The molecule has 1 N–H and O–H groups in total. The van der Waals surface area contributed by atoms with Gasteiger partial charge in [0.1, 0.15) is 46.0 Å². The van der Waals surface area contributed by atoms with E-state index in [4.69, 9.17) is 18.9 Å². The lowest BCUT2D eigenvalue weighted by Crippen LogP contribution is -2.64. The normalized spacial score (nSPS) is 13.9. The van der Waals surface area contributed by atoms with E-state index in [1.807, 2.05) is 22.7 Å². The minimum absolute atomic E-state index is 0.0787. The average Bonchev–Trinajstić information content (AvgIpc) is 4.12. The van der Waals surface area contributed by atoms with Crippen molar-refractivity contribution in [2.45, 2.75) is 20.8 Å². The highest BCUT2D eigenvalue weighted by atomic mass is 32.2. The van der Waals surface area contributed by atoms with Gasteiger partial charge in [-0.05, 0) is 182 Å². The summed E-state index contributed by atoms with van der Waals surface area (Å²) in [6.45, 7) is 6.14. The number of hydrogen-bond donors (Lipinski definition) is 1. The summed E-state index contributed by atoms with van der Waals surface area (Å²) in [5.41, 5.74) is 23.0. The summed E-state index contributed by atoms with van der Waals surface area (Å²) < 4.78 is 36.2. The van der Waals surface area contributed by atoms with E-state index in [1.165, 1.54) is 63.2 Å². The number of aryl methyl sites for hydroxylation is 3. The van der Waals surface area contributed by atoms with Crippen molar-refractivity contribution in [1.82, 2.24) is 0 Å². The summed E-state index contributed by atoms with van der Waals surface area (Å²) in [6.07, 6.45) is 2.19. The van der Waals surface area contributed by atoms with Gasteiger partial charge in [0, 0.05) is 64.6 Å². The van der Waals surface area contributed by atoms with Gasteiger partial charge in [0.2, 0.25) is 0 Å². The second-order valence-corrected chi connectivity index (χ2v) is 24.9. The van der Waals surface area contributed by atoms with E-state index >= 15 is 0 Å². The van der Waals surface area contributed by atoms with Crippen molar-refractivity contribution in [3.63, 3.8) is 0 Å². The van der Waals surface area contributed by atoms with E-state index in [2.05, 4.69) is 219 Å². The number of benzene rings is 10. The first kappa shape index (κ1) is 45.3. The molecule has 12 heteroatoms. The Morgan fingerprint density at radius 1 is 0.400 bits per heavy atom. The summed E-state index contributed by atoms with van der Waals surface area (Å²) in [6, 6.07) is 66.5. The number of hydrogen-bond acceptors (Lipinski definition) is 9. The molecule has 6 nitrogen and oxygen atoms in total. The highest BCUT2D eigenvalue weighted by molar-refractivity contribution is 8.00. The van der Waals surface area contributed by atoms with Crippen LogP contribution < -0.4 is 76.4 Å². The highest BCUT2D eigenvalue weighted by Crippen LogP contribution is 2.48. The van der Waals surface area contributed by atoms with Gasteiger partial charge in [0.25, 0.3) is 20.1 Å². The van der Waals surface area contributed by atoms with E-state index in [9.17, 15) is 0 Å². The molecule has 0 saturated heterocycles. The van der Waals surface area contributed by atoms with Gasteiger partial charge in [-0.15, -0.1) is 22.7 Å². The maximum absolute atomic E-state index is 7.42. The molecule has 12 aromatic rings. The lowest BCUT2D eigenvalue weighted by Gasteiger charge is -2.41. The SMILES string of the molecule is CSN1c2cc3c(cc2B2c4cc5c(cc4Oc4cc(-c6ccccc6C)cc1c42)Oc1cc(-c2ccccc2C)cc2c1B5c1sc4ccccc4c1O2)B1c2sc4ccccc4c2Oc2cc(-c4ccccc4C)cc(c21)N3. The van der Waals surface area contributed by atoms with Crippen LogP contribution in [0.15, 0.2) is 182 Å². The standard InChI is InChI=1S/C68H43B3N2O4S3/c1-35-15-5-8-18-41(35)38-25-51-62-56(27-38)76-65-44-21-11-13-23-60(44)79-67(65)70(62)46-31-47-52(33-50(46)72-51)73(78-4)53-26-39(42-19-9-6-16-36(42)2)28-57-63(53)69(47)48-32-49-55(34-54(48)74-57)75-58-29-40(43-20-10-7-17-37(43)3)30-59-64(58)71(49)68-66(77-59)45-22-12-14-24-61(45)80-68/h5-34,72H,1-4H3. The van der Waals surface area contributed by atoms with Gasteiger partial charge in [-0.25, -0.2) is 0 Å². The zero-order chi connectivity index (χ0) is 52.8. The highest BCUT2D eigenvalue weighted by Gasteiger charge is 2.49. The van der Waals surface area contributed by atoms with Crippen LogP contribution in [-0.4, -0.2) is 26.4 Å². The summed E-state index contributed by atoms with van der Waals surface area (Å²) in [4.78, 5) is 0. The molecule has 0 bridgehead atoms. The van der Waals surface area contributed by atoms with Crippen LogP contribution in [0.4, 0.5) is 22.7 Å². The van der Waals surface area contributed by atoms with E-state index in [0.717, 1.165) is 124 Å². The molecular formula is C68H43B3N2O4S3. The van der Waals surface area contributed by atoms with Crippen LogP contribution in [-0.2, 0) is 0 Å². The first-order valence-corrected chi connectivity index (χ1v) is 30.1. The molecule has 18 rings (SSSR count). The predicted molar refractivity (Wildman–Crippen MR) is 340 cm³/mol. The molecule has 0 aliphatic carbocycles. The van der Waals surface area contributed by atoms with Crippen molar-refractivity contribution >= 4 is 145 Å². The molecule has 0 atom stereocenters. The third kappa shape index (κ3) is 6.24. The molecule has 80 heavy (non-hydrogen) atoms. The molecule has 10 aromatic carbocycles. The lowest BCUT2D eigenvalue weighted by molar-refractivity contribution is 0.458. The Bertz CT molecular complexity index is 4800. The molecular weight excluding hydrogens is 1040 g/mol. The molecule has 0 unspecified atom stereocenters. The van der Waals surface area contributed by atoms with Crippen LogP contribution in [0, 0.1) is 20.8 Å². The summed E-state index contributed by atoms with van der Waals surface area (Å²) in [5.74, 6) is 6.86. The smallest absolute Gasteiger partial charge is 0.273 e. The van der Waals surface area contributed by atoms with E-state index in [-0.39, 0.29) is 20.1 Å². The van der Waals surface area contributed by atoms with E-state index in [1.54, 1.807) is 11.9 Å². The maximum Gasteiger partial charge on any atom is 0.273 e. The van der Waals surface area contributed by atoms with Crippen LogP contribution in [0.2, 0.25) is 0 Å². The Hall–Kier alpha value is -8.54. The Balaban J connectivity index is 0.886. The van der Waals surface area contributed by atoms with Crippen molar-refractivity contribution < 1.29 is 18.9 Å². The topological polar surface area (TPSA) is 52.2 Å². The fraction of sp³-hybridized carbons (Fsp3) is 0.0588. The number of thiophene rings is 2. The summed E-state index contributed by atoms with van der Waals surface area (Å²) >= 11 is 5.41. The molecule has 6 aliphatic heterocycles. The molecule has 376 valence electrons. The second kappa shape index (κ2) is 16.5. The average molecular weight is 1080 g/mol. The van der Waals surface area contributed by atoms with Crippen LogP contribution in [0.25, 0.3) is 53.6 Å². The summed E-state index contributed by atoms with van der Waals surface area (Å²) in [5, 5.41) is 6.34. The predicted octanol–water partition coefficient (Wildman–Crippen LogP) is 12.8. The largest absolute Gasteiger partial charge is 0.458 e. The van der Waals surface area contributed by atoms with Crippen molar-refractivity contribution in [3.05, 3.63) is 199 Å². The molecule has 0 amide bonds. The van der Waals surface area contributed by atoms with Gasteiger partial charge < -0.3 is 24.3 Å². The number of rotatable bonds is 4. The number of nitrogens with zero attached hydrogens (tertiary/aromatic N) is 1. The van der Waals surface area contributed by atoms with Gasteiger partial charge in [0.15, 0.2) is 0 Å². The van der Waals surface area contributed by atoms with E-state index in [0.29, 0.717) is 0 Å². The Morgan fingerprint density at radius 2 is 0.875 bits per heavy atom. The second-order valence-electron chi connectivity index (χ2n) is 22.0. The van der Waals surface area contributed by atoms with Crippen LogP contribution >= 0.6 is 34.6 Å². The number of fused-ring (bicyclic) bond motifs is 16. The Kier molecular flexibility index (Phi) is 9.36. The van der Waals surface area contributed by atoms with Gasteiger partial charge >= 0.3 is 0 Å². The fourth-order valence-electron chi connectivity index (χ4n) is 14.0. The molecule has 8 heterocycles. The van der Waals surface area contributed by atoms with Gasteiger partial charge in [-0.1, -0.05) is 109 Å². The van der Waals surface area contributed by atoms with Gasteiger partial charge in [0.05, 0.1) is 5.69 Å². The molecule has 0 fully saturated rings. The first-order valence-electron chi connectivity index (χ1n) is 27.2. The van der Waals surface area contributed by atoms with Gasteiger partial charge in [-0.2, -0.15) is 0 Å². The fourth-order valence-corrected chi connectivity index (χ4v) is 17.2. The number of ether oxygens (including phenoxy) is 4. The maximum atomic E-state index is 7.42. The van der Waals surface area contributed by atoms with Crippen molar-refractivity contribution in [2.24, 2.45) is 0 Å². The summed E-state index contributed by atoms with van der Waals surface area (Å²) in [7, 11) is 0. The molecule has 6 aliphatic rings. The Morgan fingerprint density at radius 3 is 1.46 bits per heavy atom. The monoisotopic (exact) mass is 1080 g/mol. The molecule has 0 spiro atoms. The number of nitrogens with one attached hydrogen (secondary N) is 1. The van der Waals surface area contributed by atoms with Crippen LogP contribution in [0.3, 0.4) is 0 Å². The van der Waals surface area contributed by atoms with Gasteiger partial charge in [-0.3, -0.25) is 4.31 Å². The van der Waals surface area contributed by atoms with Crippen molar-refractivity contribution in [3.8, 4) is 79.4 Å².